The first-order valence-electron chi connectivity index (χ1n) is 6.43. The number of amides is 1. The minimum absolute atomic E-state index is 0.0967. The van der Waals surface area contributed by atoms with Gasteiger partial charge in [-0.2, -0.15) is 0 Å². The molecule has 0 aliphatic carbocycles. The van der Waals surface area contributed by atoms with Gasteiger partial charge in [-0.15, -0.1) is 6.58 Å². The summed E-state index contributed by atoms with van der Waals surface area (Å²) in [5.74, 6) is 3.02. The lowest BCUT2D eigenvalue weighted by molar-refractivity contribution is 0.167. The van der Waals surface area contributed by atoms with Crippen LogP contribution in [0.3, 0.4) is 0 Å². The van der Waals surface area contributed by atoms with Crippen LogP contribution in [0.1, 0.15) is 30.9 Å². The maximum atomic E-state index is 11.7. The van der Waals surface area contributed by atoms with E-state index < -0.39 is 0 Å². The topological polar surface area (TPSA) is 29.5 Å². The van der Waals surface area contributed by atoms with Crippen LogP contribution in [0.15, 0.2) is 43.0 Å². The number of carbonyl (C=O) groups is 1. The molecule has 1 amide bonds. The Bertz CT molecular complexity index is 498. The molecule has 1 aliphatic rings. The summed E-state index contributed by atoms with van der Waals surface area (Å²) in [5, 5.41) is 0. The number of hydrogen-bond donors (Lipinski definition) is 0. The van der Waals surface area contributed by atoms with Crippen molar-refractivity contribution in [2.24, 2.45) is 0 Å². The van der Waals surface area contributed by atoms with Crippen LogP contribution in [0.25, 0.3) is 0 Å². The third-order valence-corrected chi connectivity index (χ3v) is 2.97. The first-order valence-corrected chi connectivity index (χ1v) is 6.43. The first-order chi connectivity index (χ1) is 9.33. The molecule has 3 nitrogen and oxygen atoms in total. The van der Waals surface area contributed by atoms with Crippen LogP contribution < -0.4 is 0 Å². The van der Waals surface area contributed by atoms with E-state index in [9.17, 15) is 4.79 Å². The minimum atomic E-state index is -0.356. The van der Waals surface area contributed by atoms with Gasteiger partial charge in [-0.25, -0.2) is 9.69 Å². The molecule has 1 fully saturated rings. The second-order valence-corrected chi connectivity index (χ2v) is 4.34. The molecule has 19 heavy (non-hydrogen) atoms. The van der Waals surface area contributed by atoms with Crippen LogP contribution >= 0.6 is 0 Å². The van der Waals surface area contributed by atoms with E-state index in [-0.39, 0.29) is 12.1 Å². The summed E-state index contributed by atoms with van der Waals surface area (Å²) in [6.07, 6.45) is 4.19. The third-order valence-electron chi connectivity index (χ3n) is 2.97. The summed E-state index contributed by atoms with van der Waals surface area (Å²) in [7, 11) is 0. The summed E-state index contributed by atoms with van der Waals surface area (Å²) in [6.45, 7) is 4.03. The minimum Gasteiger partial charge on any atom is -0.446 e. The van der Waals surface area contributed by atoms with Gasteiger partial charge >= 0.3 is 6.09 Å². The Kier molecular flexibility index (Phi) is 4.63. The van der Waals surface area contributed by atoms with E-state index in [0.717, 1.165) is 24.8 Å². The smallest absolute Gasteiger partial charge is 0.422 e. The normalized spacial score (nSPS) is 17.6. The number of cyclic esters (lactones) is 1. The van der Waals surface area contributed by atoms with Crippen LogP contribution in [0.4, 0.5) is 4.79 Å². The van der Waals surface area contributed by atoms with Crippen LogP contribution in [0.5, 0.6) is 0 Å². The molecule has 3 heteroatoms. The molecule has 1 heterocycles. The molecule has 0 N–H and O–H groups in total. The van der Waals surface area contributed by atoms with Gasteiger partial charge in [0.1, 0.15) is 12.6 Å². The van der Waals surface area contributed by atoms with Crippen LogP contribution in [0.2, 0.25) is 0 Å². The summed E-state index contributed by atoms with van der Waals surface area (Å²) >= 11 is 0. The Morgan fingerprint density at radius 2 is 2.21 bits per heavy atom. The average molecular weight is 255 g/mol. The number of nitrogens with zero attached hydrogens (tertiary/aromatic N) is 1. The zero-order valence-electron chi connectivity index (χ0n) is 10.8. The highest BCUT2D eigenvalue weighted by atomic mass is 16.6. The molecule has 98 valence electrons. The maximum absolute atomic E-state index is 11.7. The van der Waals surface area contributed by atoms with Crippen molar-refractivity contribution in [3.05, 3.63) is 48.6 Å². The zero-order chi connectivity index (χ0) is 13.5. The lowest BCUT2D eigenvalue weighted by Crippen LogP contribution is -2.22. The summed E-state index contributed by atoms with van der Waals surface area (Å²) < 4.78 is 5.08. The molecular formula is C16H17NO2. The predicted molar refractivity (Wildman–Crippen MR) is 74.2 cm³/mol. The molecule has 0 saturated carbocycles. The van der Waals surface area contributed by atoms with E-state index >= 15 is 0 Å². The number of hydrogen-bond acceptors (Lipinski definition) is 2. The van der Waals surface area contributed by atoms with E-state index in [2.05, 4.69) is 18.5 Å². The van der Waals surface area contributed by atoms with Gasteiger partial charge in [-0.1, -0.05) is 42.3 Å². The fourth-order valence-electron chi connectivity index (χ4n) is 1.94. The Balaban J connectivity index is 2.04. The molecule has 0 spiro atoms. The van der Waals surface area contributed by atoms with Crippen molar-refractivity contribution >= 4 is 6.09 Å². The van der Waals surface area contributed by atoms with E-state index in [1.807, 2.05) is 36.4 Å². The number of ether oxygens (including phenoxy) is 1. The van der Waals surface area contributed by atoms with Gasteiger partial charge in [0.05, 0.1) is 0 Å². The van der Waals surface area contributed by atoms with Gasteiger partial charge in [-0.05, 0) is 18.4 Å². The molecule has 0 aromatic heterocycles. The highest BCUT2D eigenvalue weighted by Gasteiger charge is 2.33. The zero-order valence-corrected chi connectivity index (χ0v) is 10.8. The number of rotatable bonds is 4. The van der Waals surface area contributed by atoms with Crippen molar-refractivity contribution in [3.8, 4) is 12.0 Å². The van der Waals surface area contributed by atoms with E-state index in [1.54, 1.807) is 0 Å². The number of carbonyl (C=O) groups excluding carboxylic acids is 1. The van der Waals surface area contributed by atoms with Crippen molar-refractivity contribution in [2.45, 2.75) is 25.3 Å². The van der Waals surface area contributed by atoms with E-state index in [1.165, 1.54) is 4.90 Å². The van der Waals surface area contributed by atoms with Gasteiger partial charge in [-0.3, -0.25) is 0 Å². The molecule has 1 saturated heterocycles. The Morgan fingerprint density at radius 1 is 1.42 bits per heavy atom. The fourth-order valence-corrected chi connectivity index (χ4v) is 1.94. The van der Waals surface area contributed by atoms with Crippen LogP contribution in [-0.4, -0.2) is 17.6 Å². The second kappa shape index (κ2) is 6.65. The second-order valence-electron chi connectivity index (χ2n) is 4.34. The van der Waals surface area contributed by atoms with Crippen LogP contribution in [-0.2, 0) is 4.74 Å². The van der Waals surface area contributed by atoms with Crippen molar-refractivity contribution in [3.63, 3.8) is 0 Å². The molecule has 2 rings (SSSR count). The molecule has 0 radical (unpaired) electrons. The SMILES string of the molecule is C=CCCCC#CN1C(=O)OC[C@H]1c1ccccc1. The standard InChI is InChI=1S/C16H17NO2/c1-2-3-4-5-9-12-17-15(13-19-16(17)18)14-10-7-6-8-11-14/h2,6-8,10-11,15H,1,3-5,13H2/t15-/m0/s1. The highest BCUT2D eigenvalue weighted by molar-refractivity contribution is 5.72. The lowest BCUT2D eigenvalue weighted by atomic mass is 10.1. The van der Waals surface area contributed by atoms with E-state index in [0.29, 0.717) is 6.61 Å². The molecule has 1 aromatic rings. The van der Waals surface area contributed by atoms with Crippen molar-refractivity contribution in [1.29, 1.82) is 0 Å². The largest absolute Gasteiger partial charge is 0.446 e. The monoisotopic (exact) mass is 255 g/mol. The van der Waals surface area contributed by atoms with Crippen molar-refractivity contribution in [2.75, 3.05) is 6.61 Å². The Labute approximate surface area is 113 Å². The summed E-state index contributed by atoms with van der Waals surface area (Å²) in [4.78, 5) is 13.2. The first kappa shape index (κ1) is 13.2. The maximum Gasteiger partial charge on any atom is 0.422 e. The molecule has 1 aliphatic heterocycles. The molecule has 1 atom stereocenters. The van der Waals surface area contributed by atoms with Crippen molar-refractivity contribution in [1.82, 2.24) is 4.90 Å². The number of benzene rings is 1. The third kappa shape index (κ3) is 3.38. The van der Waals surface area contributed by atoms with Gasteiger partial charge < -0.3 is 4.74 Å². The highest BCUT2D eigenvalue weighted by Crippen LogP contribution is 2.26. The van der Waals surface area contributed by atoms with E-state index in [4.69, 9.17) is 4.74 Å². The van der Waals surface area contributed by atoms with Crippen LogP contribution in [0, 0.1) is 12.0 Å². The van der Waals surface area contributed by atoms with Gasteiger partial charge in [0.25, 0.3) is 0 Å². The Morgan fingerprint density at radius 3 is 2.95 bits per heavy atom. The summed E-state index contributed by atoms with van der Waals surface area (Å²) in [5.41, 5.74) is 1.05. The molecule has 1 aromatic carbocycles. The quantitative estimate of drug-likeness (QED) is 0.468. The number of allylic oxidation sites excluding steroid dienone is 1. The van der Waals surface area contributed by atoms with Gasteiger partial charge in [0.2, 0.25) is 0 Å². The number of unbranched alkanes of at least 4 members (excludes halogenated alkanes) is 2. The fraction of sp³-hybridized carbons (Fsp3) is 0.312. The van der Waals surface area contributed by atoms with Crippen molar-refractivity contribution < 1.29 is 9.53 Å². The summed E-state index contributed by atoms with van der Waals surface area (Å²) in [6, 6.07) is 12.6. The average Bonchev–Trinajstić information content (AvgIpc) is 2.81. The lowest BCUT2D eigenvalue weighted by Gasteiger charge is -2.14. The van der Waals surface area contributed by atoms with Gasteiger partial charge in [0, 0.05) is 12.5 Å². The Hall–Kier alpha value is -2.21. The van der Waals surface area contributed by atoms with Gasteiger partial charge in [0.15, 0.2) is 0 Å². The molecule has 0 unspecified atom stereocenters. The predicted octanol–water partition coefficient (Wildman–Crippen LogP) is 3.50. The molecule has 0 bridgehead atoms. The molecular weight excluding hydrogens is 238 g/mol.